The van der Waals surface area contributed by atoms with Crippen molar-refractivity contribution in [2.45, 2.75) is 6.92 Å². The minimum Gasteiger partial charge on any atom is -0.507 e. The molecule has 0 bridgehead atoms. The molecule has 0 radical (unpaired) electrons. The van der Waals surface area contributed by atoms with E-state index in [9.17, 15) is 9.90 Å². The van der Waals surface area contributed by atoms with Gasteiger partial charge in [0.25, 0.3) is 0 Å². The van der Waals surface area contributed by atoms with E-state index in [2.05, 4.69) is 5.10 Å². The van der Waals surface area contributed by atoms with Gasteiger partial charge in [0, 0.05) is 7.05 Å². The maximum atomic E-state index is 10.9. The molecule has 18 heavy (non-hydrogen) atoms. The summed E-state index contributed by atoms with van der Waals surface area (Å²) < 4.78 is 1.38. The summed E-state index contributed by atoms with van der Waals surface area (Å²) in [4.78, 5) is 10.9. The number of hydrogen-bond acceptors (Lipinski definition) is 3. The molecule has 0 saturated heterocycles. The number of phenols is 1. The first-order valence-corrected chi connectivity index (χ1v) is 5.55. The predicted octanol–water partition coefficient (Wildman–Crippen LogP) is 2.45. The van der Waals surface area contributed by atoms with Crippen LogP contribution in [-0.2, 0) is 7.05 Å². The lowest BCUT2D eigenvalue weighted by molar-refractivity contribution is 0.0689. The zero-order chi connectivity index (χ0) is 13.4. The molecule has 94 valence electrons. The third-order valence-corrected chi connectivity index (χ3v) is 3.00. The van der Waals surface area contributed by atoms with Crippen molar-refractivity contribution in [3.63, 3.8) is 0 Å². The quantitative estimate of drug-likeness (QED) is 0.875. The highest BCUT2D eigenvalue weighted by Gasteiger charge is 2.18. The van der Waals surface area contributed by atoms with Crippen molar-refractivity contribution in [2.24, 2.45) is 7.05 Å². The molecule has 0 aliphatic heterocycles. The fourth-order valence-corrected chi connectivity index (χ4v) is 1.97. The molecule has 2 N–H and O–H groups in total. The molecule has 0 fully saturated rings. The lowest BCUT2D eigenvalue weighted by atomic mass is 10.1. The minimum atomic E-state index is -1.12. The van der Waals surface area contributed by atoms with Crippen molar-refractivity contribution in [2.75, 3.05) is 0 Å². The second-order valence-corrected chi connectivity index (χ2v) is 4.34. The van der Waals surface area contributed by atoms with Crippen molar-refractivity contribution < 1.29 is 15.0 Å². The van der Waals surface area contributed by atoms with Crippen LogP contribution in [0.1, 0.15) is 16.1 Å². The molecule has 1 aromatic heterocycles. The van der Waals surface area contributed by atoms with Crippen molar-refractivity contribution in [3.05, 3.63) is 34.5 Å². The fraction of sp³-hybridized carbons (Fsp3) is 0.167. The van der Waals surface area contributed by atoms with Gasteiger partial charge in [0.15, 0.2) is 5.69 Å². The van der Waals surface area contributed by atoms with Gasteiger partial charge in [0.1, 0.15) is 5.75 Å². The topological polar surface area (TPSA) is 75.3 Å². The average Bonchev–Trinajstić information content (AvgIpc) is 2.67. The highest BCUT2D eigenvalue weighted by atomic mass is 35.5. The van der Waals surface area contributed by atoms with Crippen molar-refractivity contribution in [3.8, 4) is 17.0 Å². The van der Waals surface area contributed by atoms with Gasteiger partial charge in [-0.1, -0.05) is 17.7 Å². The summed E-state index contributed by atoms with van der Waals surface area (Å²) in [5, 5.41) is 23.1. The van der Waals surface area contributed by atoms with E-state index < -0.39 is 5.97 Å². The predicted molar refractivity (Wildman–Crippen MR) is 67.0 cm³/mol. The van der Waals surface area contributed by atoms with Crippen LogP contribution in [0.15, 0.2) is 18.2 Å². The maximum absolute atomic E-state index is 10.9. The summed E-state index contributed by atoms with van der Waals surface area (Å²) in [6.07, 6.45) is 0. The summed E-state index contributed by atoms with van der Waals surface area (Å²) in [6, 6.07) is 4.72. The molecular formula is C12H11ClN2O3. The summed E-state index contributed by atoms with van der Waals surface area (Å²) >= 11 is 6.05. The number of phenolic OH excluding ortho intramolecular Hbond substituents is 1. The van der Waals surface area contributed by atoms with E-state index in [0.29, 0.717) is 21.8 Å². The van der Waals surface area contributed by atoms with Crippen molar-refractivity contribution in [1.29, 1.82) is 0 Å². The summed E-state index contributed by atoms with van der Waals surface area (Å²) in [5.74, 6) is -1.09. The van der Waals surface area contributed by atoms with Gasteiger partial charge in [-0.2, -0.15) is 5.10 Å². The number of benzene rings is 1. The number of aryl methyl sites for hydroxylation is 2. The number of carbonyl (C=O) groups is 1. The van der Waals surface area contributed by atoms with Gasteiger partial charge in [-0.3, -0.25) is 4.68 Å². The van der Waals surface area contributed by atoms with E-state index in [4.69, 9.17) is 16.7 Å². The smallest absolute Gasteiger partial charge is 0.356 e. The van der Waals surface area contributed by atoms with Crippen LogP contribution >= 0.6 is 11.6 Å². The Kier molecular flexibility index (Phi) is 3.00. The van der Waals surface area contributed by atoms with E-state index in [1.165, 1.54) is 10.7 Å². The van der Waals surface area contributed by atoms with Crippen LogP contribution in [-0.4, -0.2) is 26.0 Å². The molecular weight excluding hydrogens is 256 g/mol. The Balaban J connectivity index is 2.69. The Hall–Kier alpha value is -2.01. The summed E-state index contributed by atoms with van der Waals surface area (Å²) in [7, 11) is 1.60. The van der Waals surface area contributed by atoms with Crippen LogP contribution in [0.2, 0.25) is 5.02 Å². The number of aromatic nitrogens is 2. The normalized spacial score (nSPS) is 10.6. The van der Waals surface area contributed by atoms with Crippen LogP contribution in [0, 0.1) is 6.92 Å². The largest absolute Gasteiger partial charge is 0.507 e. The molecule has 0 saturated carbocycles. The third kappa shape index (κ3) is 1.93. The highest BCUT2D eigenvalue weighted by molar-refractivity contribution is 6.33. The summed E-state index contributed by atoms with van der Waals surface area (Å²) in [6.45, 7) is 1.74. The molecule has 0 spiro atoms. The van der Waals surface area contributed by atoms with Crippen LogP contribution in [0.5, 0.6) is 5.75 Å². The maximum Gasteiger partial charge on any atom is 0.356 e. The van der Waals surface area contributed by atoms with Crippen LogP contribution < -0.4 is 0 Å². The molecule has 6 heteroatoms. The number of nitrogens with zero attached hydrogens (tertiary/aromatic N) is 2. The van der Waals surface area contributed by atoms with Gasteiger partial charge in [-0.05, 0) is 24.6 Å². The van der Waals surface area contributed by atoms with Crippen LogP contribution in [0.25, 0.3) is 11.3 Å². The van der Waals surface area contributed by atoms with Crippen LogP contribution in [0.4, 0.5) is 0 Å². The first-order valence-electron chi connectivity index (χ1n) is 5.17. The first-order chi connectivity index (χ1) is 8.41. The van der Waals surface area contributed by atoms with Gasteiger partial charge in [-0.25, -0.2) is 4.79 Å². The first kappa shape index (κ1) is 12.4. The Labute approximate surface area is 108 Å². The summed E-state index contributed by atoms with van der Waals surface area (Å²) in [5.41, 5.74) is 1.41. The highest BCUT2D eigenvalue weighted by Crippen LogP contribution is 2.38. The number of aromatic carboxylic acids is 1. The van der Waals surface area contributed by atoms with E-state index in [1.807, 2.05) is 0 Å². The molecule has 1 heterocycles. The number of carboxylic acid groups (broad SMARTS) is 1. The van der Waals surface area contributed by atoms with Gasteiger partial charge in [-0.15, -0.1) is 0 Å². The zero-order valence-corrected chi connectivity index (χ0v) is 10.6. The molecule has 0 aliphatic rings. The van der Waals surface area contributed by atoms with Crippen LogP contribution in [0.3, 0.4) is 0 Å². The molecule has 0 amide bonds. The lowest BCUT2D eigenvalue weighted by Gasteiger charge is -2.09. The zero-order valence-electron chi connectivity index (χ0n) is 9.81. The van der Waals surface area contributed by atoms with Crippen molar-refractivity contribution >= 4 is 17.6 Å². The van der Waals surface area contributed by atoms with E-state index in [0.717, 1.165) is 0 Å². The third-order valence-electron chi connectivity index (χ3n) is 2.68. The average molecular weight is 267 g/mol. The number of carboxylic acids is 1. The van der Waals surface area contributed by atoms with Gasteiger partial charge in [0.05, 0.1) is 16.3 Å². The lowest BCUT2D eigenvalue weighted by Crippen LogP contribution is -1.99. The molecule has 0 atom stereocenters. The molecule has 0 unspecified atom stereocenters. The minimum absolute atomic E-state index is 0.0300. The monoisotopic (exact) mass is 266 g/mol. The number of hydrogen-bond donors (Lipinski definition) is 2. The van der Waals surface area contributed by atoms with Gasteiger partial charge < -0.3 is 10.2 Å². The Morgan fingerprint density at radius 1 is 1.44 bits per heavy atom. The Morgan fingerprint density at radius 2 is 2.11 bits per heavy atom. The SMILES string of the molecule is Cc1ccc(Cl)c(-c2cc(C(=O)O)nn2C)c1O. The van der Waals surface area contributed by atoms with E-state index in [-0.39, 0.29) is 11.4 Å². The second-order valence-electron chi connectivity index (χ2n) is 3.93. The van der Waals surface area contributed by atoms with E-state index >= 15 is 0 Å². The van der Waals surface area contributed by atoms with Gasteiger partial charge in [0.2, 0.25) is 0 Å². The standard InChI is InChI=1S/C12H11ClN2O3/c1-6-3-4-7(13)10(11(6)16)9-5-8(12(17)18)14-15(9)2/h3-5,16H,1-2H3,(H,17,18). The molecule has 2 aromatic rings. The fourth-order valence-electron chi connectivity index (χ4n) is 1.72. The molecule has 0 aliphatic carbocycles. The molecule has 1 aromatic carbocycles. The Bertz CT molecular complexity index is 634. The van der Waals surface area contributed by atoms with Crippen molar-refractivity contribution in [1.82, 2.24) is 9.78 Å². The second kappa shape index (κ2) is 4.34. The van der Waals surface area contributed by atoms with E-state index in [1.54, 1.807) is 26.1 Å². The van der Waals surface area contributed by atoms with Gasteiger partial charge >= 0.3 is 5.97 Å². The molecule has 5 nitrogen and oxygen atoms in total. The number of rotatable bonds is 2. The number of halogens is 1. The Morgan fingerprint density at radius 3 is 2.67 bits per heavy atom. The molecule has 2 rings (SSSR count). The number of aromatic hydroxyl groups is 1.